The molecule has 1 aliphatic rings. The molecule has 2 heterocycles. The van der Waals surface area contributed by atoms with Crippen LogP contribution in [0.2, 0.25) is 0 Å². The zero-order chi connectivity index (χ0) is 54.7. The van der Waals surface area contributed by atoms with Crippen molar-refractivity contribution in [2.75, 3.05) is 33.3 Å². The van der Waals surface area contributed by atoms with Crippen LogP contribution in [0.3, 0.4) is 0 Å². The number of benzene rings is 4. The van der Waals surface area contributed by atoms with Crippen LogP contribution in [0.5, 0.6) is 0 Å². The number of halogens is 5. The maximum absolute atomic E-state index is 15.8. The monoisotopic (exact) mass is 768 g/mol. The molecule has 0 bridgehead atoms. The minimum atomic E-state index is -4.74. The van der Waals surface area contributed by atoms with Crippen LogP contribution in [0.15, 0.2) is 101 Å². The molecule has 278 valence electrons. The Bertz CT molecular complexity index is 3010. The lowest BCUT2D eigenvalue weighted by Gasteiger charge is -2.39. The summed E-state index contributed by atoms with van der Waals surface area (Å²) in [6.07, 6.45) is -13.6. The van der Waals surface area contributed by atoms with Gasteiger partial charge in [-0.15, -0.1) is 11.8 Å². The number of carbonyl (C=O) groups is 1. The van der Waals surface area contributed by atoms with Crippen LogP contribution >= 0.6 is 11.8 Å². The van der Waals surface area contributed by atoms with Gasteiger partial charge in [0, 0.05) is 75.6 Å². The van der Waals surface area contributed by atoms with Crippen molar-refractivity contribution in [1.29, 1.82) is 0 Å². The number of hydrogen-bond donors (Lipinski definition) is 0. The van der Waals surface area contributed by atoms with Gasteiger partial charge in [-0.25, -0.2) is 8.78 Å². The normalized spacial score (nSPS) is 24.6. The molecule has 1 amide bonds. The van der Waals surface area contributed by atoms with E-state index < -0.39 is 172 Å². The van der Waals surface area contributed by atoms with E-state index >= 15 is 9.18 Å². The van der Waals surface area contributed by atoms with E-state index in [2.05, 4.69) is 0 Å². The Hall–Kier alpha value is -4.52. The van der Waals surface area contributed by atoms with Crippen LogP contribution < -0.4 is 5.43 Å². The lowest BCUT2D eigenvalue weighted by atomic mass is 10.00. The largest absolute Gasteiger partial charge is 0.416 e. The molecule has 1 aromatic heterocycles. The first kappa shape index (κ1) is 20.8. The number of likely N-dealkylation sites (tertiary alicyclic amines) is 1. The molecule has 0 spiro atoms. The van der Waals surface area contributed by atoms with Crippen molar-refractivity contribution in [3.05, 3.63) is 135 Å². The average molecular weight is 769 g/mol. The fourth-order valence-corrected chi connectivity index (χ4v) is 5.51. The van der Waals surface area contributed by atoms with E-state index in [1.807, 2.05) is 0 Å². The molecular weight excluding hydrogens is 710 g/mol. The van der Waals surface area contributed by atoms with Crippen molar-refractivity contribution in [3.63, 3.8) is 0 Å². The van der Waals surface area contributed by atoms with Crippen molar-refractivity contribution in [2.24, 2.45) is 0 Å². The van der Waals surface area contributed by atoms with Gasteiger partial charge in [-0.1, -0.05) is 54.6 Å². The summed E-state index contributed by atoms with van der Waals surface area (Å²) in [6.45, 7) is -17.1. The molecule has 1 aliphatic heterocycles. The molecule has 0 N–H and O–H groups in total. The van der Waals surface area contributed by atoms with Crippen LogP contribution in [0.1, 0.15) is 61.0 Å². The highest BCUT2D eigenvalue weighted by molar-refractivity contribution is 7.98. The first-order valence-electron chi connectivity index (χ1n) is 25.0. The minimum absolute atomic E-state index is 0.0324. The lowest BCUT2D eigenvalue weighted by molar-refractivity contribution is -0.137. The Balaban J connectivity index is 1.74. The van der Waals surface area contributed by atoms with Crippen molar-refractivity contribution >= 4 is 28.6 Å². The number of hydrogen-bond acceptors (Lipinski definition) is 5. The Morgan fingerprint density at radius 3 is 2.38 bits per heavy atom. The van der Waals surface area contributed by atoms with Gasteiger partial charge in [-0.2, -0.15) is 13.2 Å². The lowest BCUT2D eigenvalue weighted by Crippen LogP contribution is -2.48. The molecule has 0 atom stereocenters. The standard InChI is InChI=1S/C41H40F5N3O3S/c1-27-6-15-34-36(22-27)49(39(23-37(34)50)53-26-31-4-3-5-35(42)40(31)43)25-38(51)48(33-16-18-47(19-17-33)20-21-52-2)24-28-7-9-29(10-8-28)30-11-13-32(14-12-30)41(44,45)46/h3-15,22-23,33H,16-21,24-26H2,1-2H3/i6D,15D,16D2,17D2,18D2,19D2,22D,23D,24D2,25D2,26D2,33D. The van der Waals surface area contributed by atoms with E-state index in [4.69, 9.17) is 18.4 Å². The molecule has 53 heavy (non-hydrogen) atoms. The number of piperidine rings is 1. The van der Waals surface area contributed by atoms with Gasteiger partial charge >= 0.3 is 6.18 Å². The smallest absolute Gasteiger partial charge is 0.383 e. The van der Waals surface area contributed by atoms with Gasteiger partial charge < -0.3 is 19.1 Å². The van der Waals surface area contributed by atoms with Gasteiger partial charge in [0.15, 0.2) is 17.1 Å². The number of methoxy groups -OCH3 is 1. The Morgan fingerprint density at radius 1 is 1.04 bits per heavy atom. The number of carbonyl (C=O) groups excluding carboxylic acids is 1. The Morgan fingerprint density at radius 2 is 1.72 bits per heavy atom. The quantitative estimate of drug-likeness (QED) is 0.0940. The number of ether oxygens (including phenoxy) is 1. The van der Waals surface area contributed by atoms with E-state index in [9.17, 15) is 34.7 Å². The molecule has 6 nitrogen and oxygen atoms in total. The second-order valence-corrected chi connectivity index (χ2v) is 11.9. The molecule has 6 rings (SSSR count). The summed E-state index contributed by atoms with van der Waals surface area (Å²) in [5.41, 5.74) is -9.77. The highest BCUT2D eigenvalue weighted by Gasteiger charge is 2.31. The summed E-state index contributed by atoms with van der Waals surface area (Å²) in [5.74, 6) is -6.12. The highest BCUT2D eigenvalue weighted by atomic mass is 32.2. The zero-order valence-corrected chi connectivity index (χ0v) is 28.4. The predicted molar refractivity (Wildman–Crippen MR) is 198 cm³/mol. The SMILES string of the molecule is [2H]c1c(C)c([2H])c2c(c1[2H])c(=O)c([2H])c(SC([2H])([2H])c1cccc(F)c1F)n2C([2H])([2H])C(=O)N(C([2H])([2H])c1ccc(-c2ccc(C(F)(F)F)cc2)cc1)C1([2H])C([2H])([2H])C([2H])([2H])N(CCOC)C([2H])([2H])C1([2H])[2H]. The fourth-order valence-electron chi connectivity index (χ4n) is 4.78. The third-order valence-electron chi connectivity index (χ3n) is 7.44. The number of nitrogens with zero attached hydrogens (tertiary/aromatic N) is 3. The third kappa shape index (κ3) is 9.17. The van der Waals surface area contributed by atoms with Crippen LogP contribution in [0, 0.1) is 18.6 Å². The minimum Gasteiger partial charge on any atom is -0.383 e. The molecule has 0 aliphatic carbocycles. The van der Waals surface area contributed by atoms with Crippen molar-refractivity contribution in [3.8, 4) is 11.1 Å². The molecule has 1 saturated heterocycles. The van der Waals surface area contributed by atoms with E-state index in [-0.39, 0.29) is 20.6 Å². The Labute approximate surface area is 335 Å². The van der Waals surface area contributed by atoms with Crippen LogP contribution in [-0.2, 0) is 34.4 Å². The molecule has 5 aromatic rings. The number of rotatable bonds is 12. The van der Waals surface area contributed by atoms with Crippen LogP contribution in [0.4, 0.5) is 22.0 Å². The summed E-state index contributed by atoms with van der Waals surface area (Å²) in [7, 11) is 1.07. The van der Waals surface area contributed by atoms with Gasteiger partial charge in [0.1, 0.15) is 6.50 Å². The summed E-state index contributed by atoms with van der Waals surface area (Å²) in [5, 5.41) is -2.58. The summed E-state index contributed by atoms with van der Waals surface area (Å²) < 4.78 is 248. The second kappa shape index (κ2) is 16.7. The molecular formula is C41H40F5N3O3S. The Kier molecular flexibility index (Phi) is 6.54. The molecule has 0 saturated carbocycles. The van der Waals surface area contributed by atoms with E-state index in [0.29, 0.717) is 24.3 Å². The summed E-state index contributed by atoms with van der Waals surface area (Å²) in [6, 6.07) is 0.0102. The van der Waals surface area contributed by atoms with E-state index in [1.165, 1.54) is 0 Å². The van der Waals surface area contributed by atoms with Crippen LogP contribution in [0.25, 0.3) is 22.0 Å². The fraction of sp³-hybridized carbons (Fsp3) is 0.317. The van der Waals surface area contributed by atoms with Crippen molar-refractivity contribution in [1.82, 2.24) is 14.4 Å². The first-order valence-corrected chi connectivity index (χ1v) is 16.3. The zero-order valence-electron chi connectivity index (χ0n) is 46.6. The van der Waals surface area contributed by atoms with E-state index in [0.717, 1.165) is 56.5 Å². The highest BCUT2D eigenvalue weighted by Crippen LogP contribution is 2.32. The number of pyridine rings is 1. The summed E-state index contributed by atoms with van der Waals surface area (Å²) >= 11 is -0.458. The number of alkyl halides is 3. The van der Waals surface area contributed by atoms with Gasteiger partial charge in [-0.05, 0) is 72.2 Å². The molecule has 1 fully saturated rings. The number of amides is 1. The van der Waals surface area contributed by atoms with Gasteiger partial charge in [0.2, 0.25) is 5.91 Å². The molecule has 4 aromatic carbocycles. The first-order chi connectivity index (χ1) is 32.8. The van der Waals surface area contributed by atoms with Gasteiger partial charge in [0.05, 0.1) is 35.0 Å². The molecule has 12 heteroatoms. The average Bonchev–Trinajstić information content (AvgIpc) is 3.28. The third-order valence-corrected chi connectivity index (χ3v) is 8.24. The predicted octanol–water partition coefficient (Wildman–Crippen LogP) is 8.71. The van der Waals surface area contributed by atoms with Gasteiger partial charge in [0.25, 0.3) is 0 Å². The van der Waals surface area contributed by atoms with Crippen molar-refractivity contribution < 1.29 is 57.5 Å². The van der Waals surface area contributed by atoms with Gasteiger partial charge in [-0.3, -0.25) is 9.59 Å². The maximum atomic E-state index is 15.8. The number of thioether (sulfide) groups is 1. The summed E-state index contributed by atoms with van der Waals surface area (Å²) in [4.78, 5) is 29.0. The van der Waals surface area contributed by atoms with E-state index in [1.54, 1.807) is 0 Å². The van der Waals surface area contributed by atoms with Crippen LogP contribution in [-0.4, -0.2) is 59.5 Å². The number of fused-ring (bicyclic) bond motifs is 1. The maximum Gasteiger partial charge on any atom is 0.416 e. The second-order valence-electron chi connectivity index (χ2n) is 11.1. The topological polar surface area (TPSA) is 54.8 Å². The number of aromatic nitrogens is 1. The molecule has 0 unspecified atom stereocenters. The van der Waals surface area contributed by atoms with Crippen molar-refractivity contribution in [2.45, 2.75) is 55.6 Å². The molecule has 0 radical (unpaired) electrons.